The molecule has 1 atom stereocenters. The van der Waals surface area contributed by atoms with Crippen molar-refractivity contribution in [3.63, 3.8) is 0 Å². The number of hydrogen-bond donors (Lipinski definition) is 1. The number of amides is 1. The van der Waals surface area contributed by atoms with Crippen LogP contribution in [0.1, 0.15) is 47.2 Å². The number of carbonyl (C=O) groups is 1. The van der Waals surface area contributed by atoms with Crippen molar-refractivity contribution in [1.82, 2.24) is 15.2 Å². The Morgan fingerprint density at radius 3 is 2.70 bits per heavy atom. The van der Waals surface area contributed by atoms with E-state index in [9.17, 15) is 13.6 Å². The molecular weight excluding hydrogens is 414 g/mol. The van der Waals surface area contributed by atoms with E-state index in [-0.39, 0.29) is 22.5 Å². The largest absolute Gasteiger partial charge is 0.479 e. The van der Waals surface area contributed by atoms with Crippen molar-refractivity contribution in [2.45, 2.75) is 26.3 Å². The number of anilines is 1. The van der Waals surface area contributed by atoms with Crippen LogP contribution in [0.4, 0.5) is 14.5 Å². The summed E-state index contributed by atoms with van der Waals surface area (Å²) >= 11 is 6.36. The highest BCUT2D eigenvalue weighted by Crippen LogP contribution is 2.45. The van der Waals surface area contributed by atoms with Gasteiger partial charge in [0.1, 0.15) is 11.5 Å². The first-order valence-corrected chi connectivity index (χ1v) is 9.74. The Balaban J connectivity index is 1.91. The average Bonchev–Trinajstić information content (AvgIpc) is 3.21. The maximum Gasteiger partial charge on any atom is 0.277 e. The third-order valence-electron chi connectivity index (χ3n) is 4.97. The van der Waals surface area contributed by atoms with Gasteiger partial charge in [-0.3, -0.25) is 14.8 Å². The second-order valence-electron chi connectivity index (χ2n) is 7.49. The first-order chi connectivity index (χ1) is 14.3. The Kier molecular flexibility index (Phi) is 5.19. The van der Waals surface area contributed by atoms with Crippen LogP contribution in [0.3, 0.4) is 0 Å². The van der Waals surface area contributed by atoms with Crippen molar-refractivity contribution in [1.29, 1.82) is 0 Å². The summed E-state index contributed by atoms with van der Waals surface area (Å²) in [5, 5.41) is 7.29. The fraction of sp³-hybridized carbons (Fsp3) is 0.286. The first-order valence-electron chi connectivity index (χ1n) is 9.37. The van der Waals surface area contributed by atoms with Crippen molar-refractivity contribution >= 4 is 23.2 Å². The lowest BCUT2D eigenvalue weighted by Gasteiger charge is -2.27. The lowest BCUT2D eigenvalue weighted by atomic mass is 9.95. The van der Waals surface area contributed by atoms with E-state index in [4.69, 9.17) is 16.3 Å². The van der Waals surface area contributed by atoms with E-state index < -0.39 is 23.6 Å². The van der Waals surface area contributed by atoms with Crippen molar-refractivity contribution in [2.24, 2.45) is 5.92 Å². The molecule has 0 spiro atoms. The van der Waals surface area contributed by atoms with Gasteiger partial charge in [0.25, 0.3) is 5.91 Å². The van der Waals surface area contributed by atoms with E-state index in [0.29, 0.717) is 28.9 Å². The van der Waals surface area contributed by atoms with Gasteiger partial charge in [-0.2, -0.15) is 5.10 Å². The summed E-state index contributed by atoms with van der Waals surface area (Å²) < 4.78 is 32.9. The first kappa shape index (κ1) is 20.3. The third-order valence-corrected chi connectivity index (χ3v) is 5.30. The number of halogens is 3. The predicted molar refractivity (Wildman–Crippen MR) is 108 cm³/mol. The number of pyridine rings is 1. The second kappa shape index (κ2) is 7.68. The molecule has 0 radical (unpaired) electrons. The Hall–Kier alpha value is -3.00. The van der Waals surface area contributed by atoms with Crippen LogP contribution in [0.15, 0.2) is 30.5 Å². The normalized spacial score (nSPS) is 15.8. The molecule has 0 bridgehead atoms. The number of aromatic amines is 1. The molecule has 1 amide bonds. The highest BCUT2D eigenvalue weighted by Gasteiger charge is 2.44. The van der Waals surface area contributed by atoms with Gasteiger partial charge in [-0.05, 0) is 30.0 Å². The van der Waals surface area contributed by atoms with E-state index >= 15 is 0 Å². The molecule has 0 saturated carbocycles. The summed E-state index contributed by atoms with van der Waals surface area (Å²) in [5.74, 6) is -1.49. The number of methoxy groups -OCH3 is 1. The number of ether oxygens (including phenoxy) is 1. The molecule has 1 N–H and O–H groups in total. The number of carbonyl (C=O) groups excluding carboxylic acids is 1. The van der Waals surface area contributed by atoms with E-state index in [1.54, 1.807) is 0 Å². The summed E-state index contributed by atoms with van der Waals surface area (Å²) in [6.07, 6.45) is 1.98. The zero-order valence-electron chi connectivity index (χ0n) is 16.5. The predicted octanol–water partition coefficient (Wildman–Crippen LogP) is 4.69. The van der Waals surface area contributed by atoms with E-state index in [1.807, 2.05) is 13.8 Å². The van der Waals surface area contributed by atoms with Crippen LogP contribution in [0.25, 0.3) is 0 Å². The molecule has 30 heavy (non-hydrogen) atoms. The third kappa shape index (κ3) is 3.31. The maximum absolute atomic E-state index is 14.4. The molecule has 2 aromatic heterocycles. The molecule has 1 aromatic carbocycles. The van der Waals surface area contributed by atoms with Crippen molar-refractivity contribution in [3.8, 4) is 5.88 Å². The highest BCUT2D eigenvalue weighted by molar-refractivity contribution is 6.31. The van der Waals surface area contributed by atoms with Crippen LogP contribution in [-0.4, -0.2) is 28.2 Å². The monoisotopic (exact) mass is 432 g/mol. The molecule has 3 aromatic rings. The average molecular weight is 433 g/mol. The fourth-order valence-electron chi connectivity index (χ4n) is 3.74. The van der Waals surface area contributed by atoms with Gasteiger partial charge in [0.15, 0.2) is 5.82 Å². The number of fused-ring (bicyclic) bond motifs is 1. The van der Waals surface area contributed by atoms with Gasteiger partial charge in [0, 0.05) is 16.7 Å². The maximum atomic E-state index is 14.4. The van der Waals surface area contributed by atoms with Gasteiger partial charge < -0.3 is 4.74 Å². The lowest BCUT2D eigenvalue weighted by molar-refractivity contribution is 0.0988. The van der Waals surface area contributed by atoms with Crippen LogP contribution >= 0.6 is 11.6 Å². The van der Waals surface area contributed by atoms with Gasteiger partial charge >= 0.3 is 0 Å². The number of aromatic nitrogens is 3. The number of nitrogens with one attached hydrogen (secondary N) is 1. The minimum Gasteiger partial charge on any atom is -0.479 e. The standard InChI is InChI=1S/C21H19ClF2N4O2/c1-10(2)6-16-17-18(27-26-16)21(29)28(12-8-15(24)20(30-3)25-9-12)19(17)13-5-4-11(23)7-14(13)22/h4-5,7-10,19H,6H2,1-3H3,(H,26,27). The molecule has 156 valence electrons. The van der Waals surface area contributed by atoms with Crippen LogP contribution < -0.4 is 9.64 Å². The quantitative estimate of drug-likeness (QED) is 0.634. The number of H-pyrrole nitrogens is 1. The Bertz CT molecular complexity index is 1130. The van der Waals surface area contributed by atoms with Crippen LogP contribution in [0.5, 0.6) is 5.88 Å². The summed E-state index contributed by atoms with van der Waals surface area (Å²) in [7, 11) is 1.31. The van der Waals surface area contributed by atoms with Gasteiger partial charge in [-0.15, -0.1) is 0 Å². The number of rotatable bonds is 5. The van der Waals surface area contributed by atoms with Gasteiger partial charge in [-0.1, -0.05) is 31.5 Å². The summed E-state index contributed by atoms with van der Waals surface area (Å²) in [6.45, 7) is 4.08. The van der Waals surface area contributed by atoms with Crippen LogP contribution in [0.2, 0.25) is 5.02 Å². The molecule has 4 rings (SSSR count). The van der Waals surface area contributed by atoms with E-state index in [2.05, 4.69) is 15.2 Å². The summed E-state index contributed by atoms with van der Waals surface area (Å²) in [6, 6.07) is 4.46. The molecule has 9 heteroatoms. The smallest absolute Gasteiger partial charge is 0.277 e. The van der Waals surface area contributed by atoms with Crippen molar-refractivity contribution in [2.75, 3.05) is 12.0 Å². The molecule has 0 fully saturated rings. The SMILES string of the molecule is COc1ncc(N2C(=O)c3[nH]nc(CC(C)C)c3C2c2ccc(F)cc2Cl)cc1F. The Morgan fingerprint density at radius 1 is 1.30 bits per heavy atom. The van der Waals surface area contributed by atoms with Crippen molar-refractivity contribution in [3.05, 3.63) is 69.6 Å². The molecule has 6 nitrogen and oxygen atoms in total. The molecule has 1 aliphatic heterocycles. The lowest BCUT2D eigenvalue weighted by Crippen LogP contribution is -2.30. The zero-order chi connectivity index (χ0) is 21.6. The number of benzene rings is 1. The van der Waals surface area contributed by atoms with Crippen molar-refractivity contribution < 1.29 is 18.3 Å². The topological polar surface area (TPSA) is 71.1 Å². The second-order valence-corrected chi connectivity index (χ2v) is 7.89. The molecule has 1 aliphatic rings. The number of nitrogens with zero attached hydrogens (tertiary/aromatic N) is 3. The summed E-state index contributed by atoms with van der Waals surface area (Å²) in [4.78, 5) is 18.6. The molecule has 3 heterocycles. The molecular formula is C21H19ClF2N4O2. The van der Waals surface area contributed by atoms with Crippen LogP contribution in [-0.2, 0) is 6.42 Å². The summed E-state index contributed by atoms with van der Waals surface area (Å²) in [5.41, 5.74) is 2.39. The van der Waals surface area contributed by atoms with Gasteiger partial charge in [-0.25, -0.2) is 13.8 Å². The van der Waals surface area contributed by atoms with Gasteiger partial charge in [0.2, 0.25) is 5.88 Å². The Morgan fingerprint density at radius 2 is 2.07 bits per heavy atom. The molecule has 1 unspecified atom stereocenters. The zero-order valence-corrected chi connectivity index (χ0v) is 17.3. The Labute approximate surface area is 176 Å². The minimum atomic E-state index is -0.706. The number of hydrogen-bond acceptors (Lipinski definition) is 4. The highest BCUT2D eigenvalue weighted by atomic mass is 35.5. The van der Waals surface area contributed by atoms with E-state index in [1.165, 1.54) is 42.5 Å². The van der Waals surface area contributed by atoms with Gasteiger partial charge in [0.05, 0.1) is 30.7 Å². The molecule has 0 saturated heterocycles. The minimum absolute atomic E-state index is 0.157. The van der Waals surface area contributed by atoms with E-state index in [0.717, 1.165) is 0 Å². The van der Waals surface area contributed by atoms with Crippen LogP contribution in [0, 0.1) is 17.6 Å². The molecule has 0 aliphatic carbocycles. The fourth-order valence-corrected chi connectivity index (χ4v) is 4.01.